The first-order valence-corrected chi connectivity index (χ1v) is 11.1. The van der Waals surface area contributed by atoms with Crippen LogP contribution in [0.3, 0.4) is 0 Å². The Morgan fingerprint density at radius 3 is 3.00 bits per heavy atom. The van der Waals surface area contributed by atoms with Gasteiger partial charge in [-0.2, -0.15) is 5.10 Å². The summed E-state index contributed by atoms with van der Waals surface area (Å²) in [7, 11) is 0. The summed E-state index contributed by atoms with van der Waals surface area (Å²) in [5, 5.41) is 4.62. The van der Waals surface area contributed by atoms with Gasteiger partial charge >= 0.3 is 0 Å². The first-order valence-electron chi connectivity index (χ1n) is 11.1. The van der Waals surface area contributed by atoms with Gasteiger partial charge < -0.3 is 14.5 Å². The highest BCUT2D eigenvalue weighted by atomic mass is 16.5. The van der Waals surface area contributed by atoms with Gasteiger partial charge in [-0.05, 0) is 33.1 Å². The number of aromatic nitrogens is 3. The van der Waals surface area contributed by atoms with Gasteiger partial charge in [0.1, 0.15) is 0 Å². The van der Waals surface area contributed by atoms with Crippen LogP contribution in [-0.4, -0.2) is 68.6 Å². The zero-order valence-electron chi connectivity index (χ0n) is 17.7. The van der Waals surface area contributed by atoms with Crippen LogP contribution in [0.2, 0.25) is 0 Å². The molecule has 0 N–H and O–H groups in total. The number of rotatable bonds is 6. The highest BCUT2D eigenvalue weighted by Gasteiger charge is 2.47. The topological polar surface area (TPSA) is 80.0 Å². The Balaban J connectivity index is 1.33. The maximum absolute atomic E-state index is 13.5. The first kappa shape index (κ1) is 19.5. The zero-order chi connectivity index (χ0) is 20.8. The molecule has 0 aromatic carbocycles. The summed E-state index contributed by atoms with van der Waals surface area (Å²) in [5.74, 6) is -0.0200. The molecule has 5 rings (SSSR count). The normalized spacial score (nSPS) is 25.4. The van der Waals surface area contributed by atoms with Crippen LogP contribution in [0, 0.1) is 12.8 Å². The number of nitrogens with zero attached hydrogens (tertiary/aromatic N) is 5. The van der Waals surface area contributed by atoms with Crippen molar-refractivity contribution < 1.29 is 14.3 Å². The Kier molecular flexibility index (Phi) is 4.97. The van der Waals surface area contributed by atoms with Gasteiger partial charge in [-0.15, -0.1) is 0 Å². The van der Waals surface area contributed by atoms with Crippen LogP contribution in [-0.2, 0) is 20.7 Å². The molecule has 3 atom stereocenters. The number of aryl methyl sites for hydroxylation is 1. The van der Waals surface area contributed by atoms with Gasteiger partial charge in [0, 0.05) is 63.0 Å². The zero-order valence-corrected chi connectivity index (χ0v) is 17.7. The number of likely N-dealkylation sites (tertiary alicyclic amines) is 1. The van der Waals surface area contributed by atoms with Crippen LogP contribution in [0.1, 0.15) is 55.6 Å². The number of ether oxygens (including phenoxy) is 1. The molecule has 2 aromatic rings. The number of fused-ring (bicyclic) bond motifs is 6. The number of carbonyl (C=O) groups excluding carboxylic acids is 2. The van der Waals surface area contributed by atoms with E-state index in [1.165, 1.54) is 5.69 Å². The molecule has 3 aliphatic rings. The van der Waals surface area contributed by atoms with E-state index in [0.29, 0.717) is 32.7 Å². The Morgan fingerprint density at radius 2 is 2.17 bits per heavy atom. The van der Waals surface area contributed by atoms with E-state index >= 15 is 0 Å². The van der Waals surface area contributed by atoms with Crippen LogP contribution in [0.15, 0.2) is 12.3 Å². The molecule has 3 aliphatic heterocycles. The van der Waals surface area contributed by atoms with Crippen molar-refractivity contribution in [2.24, 2.45) is 5.92 Å². The lowest BCUT2D eigenvalue weighted by atomic mass is 9.96. The third kappa shape index (κ3) is 3.17. The molecule has 0 spiro atoms. The Labute approximate surface area is 176 Å². The fraction of sp³-hybridized carbons (Fsp3) is 0.636. The molecule has 0 aliphatic carbocycles. The molecule has 2 saturated heterocycles. The highest BCUT2D eigenvalue weighted by Crippen LogP contribution is 2.44. The predicted octanol–water partition coefficient (Wildman–Crippen LogP) is 1.90. The largest absolute Gasteiger partial charge is 0.382 e. The first-order chi connectivity index (χ1) is 14.6. The van der Waals surface area contributed by atoms with E-state index in [9.17, 15) is 9.59 Å². The van der Waals surface area contributed by atoms with E-state index in [-0.39, 0.29) is 29.8 Å². The summed E-state index contributed by atoms with van der Waals surface area (Å²) < 4.78 is 7.33. The van der Waals surface area contributed by atoms with Crippen LogP contribution < -0.4 is 0 Å². The molecule has 2 aromatic heterocycles. The van der Waals surface area contributed by atoms with E-state index in [0.717, 1.165) is 42.6 Å². The summed E-state index contributed by atoms with van der Waals surface area (Å²) in [6.45, 7) is 6.48. The minimum atomic E-state index is -0.238. The summed E-state index contributed by atoms with van der Waals surface area (Å²) in [6.07, 6.45) is 5.81. The van der Waals surface area contributed by atoms with Crippen molar-refractivity contribution in [2.45, 2.75) is 58.0 Å². The number of amides is 2. The molecular weight excluding hydrogens is 382 g/mol. The molecule has 2 amide bonds. The van der Waals surface area contributed by atoms with Crippen molar-refractivity contribution in [1.82, 2.24) is 24.4 Å². The maximum Gasteiger partial charge on any atom is 0.228 e. The average Bonchev–Trinajstić information content (AvgIpc) is 3.39. The second kappa shape index (κ2) is 7.65. The quantitative estimate of drug-likeness (QED) is 0.679. The third-order valence-electron chi connectivity index (χ3n) is 6.77. The van der Waals surface area contributed by atoms with Crippen molar-refractivity contribution >= 4 is 17.5 Å². The van der Waals surface area contributed by atoms with Crippen molar-refractivity contribution in [2.75, 3.05) is 26.3 Å². The van der Waals surface area contributed by atoms with Crippen molar-refractivity contribution in [3.63, 3.8) is 0 Å². The number of carbonyl (C=O) groups is 2. The van der Waals surface area contributed by atoms with E-state index < -0.39 is 0 Å². The minimum absolute atomic E-state index is 0.0507. The molecular formula is C22H29N5O3. The summed E-state index contributed by atoms with van der Waals surface area (Å²) in [6, 6.07) is 2.23. The molecule has 2 bridgehead atoms. The van der Waals surface area contributed by atoms with Crippen molar-refractivity contribution in [1.29, 1.82) is 0 Å². The third-order valence-corrected chi connectivity index (χ3v) is 6.77. The molecule has 8 heteroatoms. The smallest absolute Gasteiger partial charge is 0.228 e. The van der Waals surface area contributed by atoms with E-state index in [1.54, 1.807) is 0 Å². The van der Waals surface area contributed by atoms with Gasteiger partial charge in [0.15, 0.2) is 5.65 Å². The van der Waals surface area contributed by atoms with Crippen LogP contribution in [0.25, 0.3) is 5.65 Å². The molecule has 5 heterocycles. The lowest BCUT2D eigenvalue weighted by molar-refractivity contribution is -0.139. The molecule has 2 fully saturated rings. The summed E-state index contributed by atoms with van der Waals surface area (Å²) in [5.41, 5.74) is 4.13. The van der Waals surface area contributed by atoms with Crippen LogP contribution >= 0.6 is 0 Å². The van der Waals surface area contributed by atoms with Gasteiger partial charge in [-0.25, -0.2) is 9.50 Å². The Morgan fingerprint density at radius 1 is 1.30 bits per heavy atom. The molecule has 30 heavy (non-hydrogen) atoms. The minimum Gasteiger partial charge on any atom is -0.382 e. The van der Waals surface area contributed by atoms with Crippen molar-refractivity contribution in [3.8, 4) is 0 Å². The molecule has 0 saturated carbocycles. The monoisotopic (exact) mass is 411 g/mol. The number of hydrogen-bond acceptors (Lipinski definition) is 5. The average molecular weight is 412 g/mol. The van der Waals surface area contributed by atoms with Crippen molar-refractivity contribution in [3.05, 3.63) is 29.2 Å². The van der Waals surface area contributed by atoms with E-state index in [2.05, 4.69) is 15.0 Å². The van der Waals surface area contributed by atoms with Gasteiger partial charge in [0.25, 0.3) is 0 Å². The van der Waals surface area contributed by atoms with Gasteiger partial charge in [-0.1, -0.05) is 0 Å². The SMILES string of the molecule is CCOCCCN1CC(C(=O)N2C3CCC2c2cnc4cc(C)nn4c2C3)CC1=O. The van der Waals surface area contributed by atoms with Crippen LogP contribution in [0.4, 0.5) is 0 Å². The lowest BCUT2D eigenvalue weighted by Crippen LogP contribution is -2.46. The van der Waals surface area contributed by atoms with Crippen LogP contribution in [0.5, 0.6) is 0 Å². The predicted molar refractivity (Wildman–Crippen MR) is 110 cm³/mol. The van der Waals surface area contributed by atoms with E-state index in [1.807, 2.05) is 35.5 Å². The highest BCUT2D eigenvalue weighted by molar-refractivity contribution is 5.90. The van der Waals surface area contributed by atoms with E-state index in [4.69, 9.17) is 4.74 Å². The second-order valence-electron chi connectivity index (χ2n) is 8.70. The standard InChI is InChI=1S/C22H29N5O3/c1-3-30-8-4-7-25-13-15(10-21(25)28)22(29)26-16-5-6-18(26)17-12-23-20-9-14(2)24-27(20)19(17)11-16/h9,12,15-16,18H,3-8,10-11,13H2,1-2H3. The van der Waals surface area contributed by atoms with Gasteiger partial charge in [-0.3, -0.25) is 9.59 Å². The molecule has 8 nitrogen and oxygen atoms in total. The lowest BCUT2D eigenvalue weighted by Gasteiger charge is -2.37. The number of hydrogen-bond donors (Lipinski definition) is 0. The Hall–Kier alpha value is -2.48. The molecule has 0 radical (unpaired) electrons. The maximum atomic E-state index is 13.5. The molecule has 3 unspecified atom stereocenters. The van der Waals surface area contributed by atoms with Gasteiger partial charge in [0.05, 0.1) is 23.3 Å². The second-order valence-corrected chi connectivity index (χ2v) is 8.70. The fourth-order valence-corrected chi connectivity index (χ4v) is 5.40. The summed E-state index contributed by atoms with van der Waals surface area (Å²) >= 11 is 0. The Bertz CT molecular complexity index is 987. The molecule has 160 valence electrons. The summed E-state index contributed by atoms with van der Waals surface area (Å²) in [4.78, 5) is 34.4. The van der Waals surface area contributed by atoms with Gasteiger partial charge in [0.2, 0.25) is 11.8 Å². The fourth-order valence-electron chi connectivity index (χ4n) is 5.40.